The van der Waals surface area contributed by atoms with E-state index in [0.29, 0.717) is 0 Å². The Labute approximate surface area is 158 Å². The molecule has 3 aromatic carbocycles. The molecule has 0 fully saturated rings. The van der Waals surface area contributed by atoms with E-state index < -0.39 is 0 Å². The number of carbonyl (C=O) groups excluding carboxylic acids is 1. The fourth-order valence-corrected chi connectivity index (χ4v) is 4.52. The molecule has 0 bridgehead atoms. The van der Waals surface area contributed by atoms with Gasteiger partial charge in [-0.2, -0.15) is 0 Å². The third-order valence-electron chi connectivity index (χ3n) is 4.54. The molecule has 130 valence electrons. The van der Waals surface area contributed by atoms with Gasteiger partial charge in [0.2, 0.25) is 0 Å². The average molecular weight is 360 g/mol. The summed E-state index contributed by atoms with van der Waals surface area (Å²) in [7, 11) is 0. The van der Waals surface area contributed by atoms with Crippen molar-refractivity contribution < 1.29 is 4.79 Å². The number of hydrogen-bond acceptors (Lipinski definition) is 2. The Hall–Kier alpha value is -2.72. The van der Waals surface area contributed by atoms with E-state index in [4.69, 9.17) is 0 Å². The summed E-state index contributed by atoms with van der Waals surface area (Å²) in [5, 5.41) is 3.13. The van der Waals surface area contributed by atoms with Crippen LogP contribution < -0.4 is 10.2 Å². The first kappa shape index (κ1) is 16.7. The Morgan fingerprint density at radius 1 is 0.846 bits per heavy atom. The number of benzene rings is 3. The molecular weight excluding hydrogens is 340 g/mol. The summed E-state index contributed by atoms with van der Waals surface area (Å²) in [6, 6.07) is 20.1. The van der Waals surface area contributed by atoms with Crippen molar-refractivity contribution >= 4 is 34.9 Å². The number of hydrogen-bond donors (Lipinski definition) is 1. The maximum atomic E-state index is 13.3. The summed E-state index contributed by atoms with van der Waals surface area (Å²) in [5.74, 6) is 0. The van der Waals surface area contributed by atoms with E-state index in [1.165, 1.54) is 5.56 Å². The number of nitrogens with one attached hydrogen (secondary N) is 1. The number of urea groups is 1. The molecule has 0 unspecified atom stereocenters. The quantitative estimate of drug-likeness (QED) is 0.541. The van der Waals surface area contributed by atoms with Gasteiger partial charge in [0.05, 0.1) is 11.4 Å². The predicted octanol–water partition coefficient (Wildman–Crippen LogP) is 6.45. The van der Waals surface area contributed by atoms with Crippen molar-refractivity contribution in [2.75, 3.05) is 10.2 Å². The van der Waals surface area contributed by atoms with Gasteiger partial charge in [0.15, 0.2) is 0 Å². The second-order valence-corrected chi connectivity index (χ2v) is 7.66. The largest absolute Gasteiger partial charge is 0.331 e. The van der Waals surface area contributed by atoms with E-state index in [2.05, 4.69) is 36.5 Å². The van der Waals surface area contributed by atoms with Gasteiger partial charge in [0, 0.05) is 15.5 Å². The molecule has 26 heavy (non-hydrogen) atoms. The number of anilines is 3. The third-order valence-corrected chi connectivity index (χ3v) is 5.67. The lowest BCUT2D eigenvalue weighted by atomic mass is 10.1. The van der Waals surface area contributed by atoms with Crippen LogP contribution in [0.2, 0.25) is 0 Å². The van der Waals surface area contributed by atoms with Gasteiger partial charge < -0.3 is 5.32 Å². The summed E-state index contributed by atoms with van der Waals surface area (Å²) < 4.78 is 0. The monoisotopic (exact) mass is 360 g/mol. The lowest BCUT2D eigenvalue weighted by Gasteiger charge is -2.31. The van der Waals surface area contributed by atoms with Gasteiger partial charge in [-0.15, -0.1) is 0 Å². The van der Waals surface area contributed by atoms with E-state index >= 15 is 0 Å². The van der Waals surface area contributed by atoms with Crippen molar-refractivity contribution in [1.29, 1.82) is 0 Å². The molecule has 4 heteroatoms. The molecule has 2 amide bonds. The van der Waals surface area contributed by atoms with Crippen LogP contribution >= 0.6 is 11.8 Å². The first-order valence-electron chi connectivity index (χ1n) is 8.59. The number of rotatable bonds is 1. The van der Waals surface area contributed by atoms with Crippen molar-refractivity contribution in [2.24, 2.45) is 0 Å². The number of carbonyl (C=O) groups is 1. The van der Waals surface area contributed by atoms with Crippen LogP contribution in [0.5, 0.6) is 0 Å². The van der Waals surface area contributed by atoms with E-state index in [1.54, 1.807) is 16.7 Å². The molecule has 0 aliphatic carbocycles. The number of aryl methyl sites for hydroxylation is 3. The molecule has 0 radical (unpaired) electrons. The lowest BCUT2D eigenvalue weighted by molar-refractivity contribution is 0.258. The Balaban J connectivity index is 1.77. The normalized spacial score (nSPS) is 12.3. The van der Waals surface area contributed by atoms with E-state index in [-0.39, 0.29) is 6.03 Å². The van der Waals surface area contributed by atoms with Crippen LogP contribution in [0.15, 0.2) is 70.5 Å². The number of para-hydroxylation sites is 2. The van der Waals surface area contributed by atoms with Crippen LogP contribution in [-0.4, -0.2) is 6.03 Å². The molecule has 0 saturated heterocycles. The Morgan fingerprint density at radius 3 is 1.88 bits per heavy atom. The van der Waals surface area contributed by atoms with Crippen LogP contribution in [0.25, 0.3) is 0 Å². The molecule has 1 aliphatic rings. The summed E-state index contributed by atoms with van der Waals surface area (Å²) in [5.41, 5.74) is 6.05. The Morgan fingerprint density at radius 2 is 1.35 bits per heavy atom. The summed E-state index contributed by atoms with van der Waals surface area (Å²) in [6.45, 7) is 6.13. The van der Waals surface area contributed by atoms with Crippen LogP contribution in [0.3, 0.4) is 0 Å². The minimum atomic E-state index is -0.139. The van der Waals surface area contributed by atoms with Gasteiger partial charge in [-0.3, -0.25) is 4.90 Å². The molecule has 0 spiro atoms. The fraction of sp³-hybridized carbons (Fsp3) is 0.136. The lowest BCUT2D eigenvalue weighted by Crippen LogP contribution is -2.33. The van der Waals surface area contributed by atoms with Crippen LogP contribution in [0.4, 0.5) is 21.9 Å². The highest BCUT2D eigenvalue weighted by atomic mass is 32.2. The molecule has 1 aliphatic heterocycles. The zero-order valence-corrected chi connectivity index (χ0v) is 15.9. The first-order valence-corrected chi connectivity index (χ1v) is 9.41. The number of nitrogens with zero attached hydrogens (tertiary/aromatic N) is 1. The highest BCUT2D eigenvalue weighted by molar-refractivity contribution is 7.99. The van der Waals surface area contributed by atoms with Gasteiger partial charge in [0.25, 0.3) is 0 Å². The highest BCUT2D eigenvalue weighted by Crippen LogP contribution is 2.48. The van der Waals surface area contributed by atoms with Crippen molar-refractivity contribution in [3.63, 3.8) is 0 Å². The van der Waals surface area contributed by atoms with Gasteiger partial charge in [0.1, 0.15) is 0 Å². The van der Waals surface area contributed by atoms with E-state index in [1.807, 2.05) is 50.2 Å². The molecule has 0 aromatic heterocycles. The van der Waals surface area contributed by atoms with Gasteiger partial charge >= 0.3 is 6.03 Å². The predicted molar refractivity (Wildman–Crippen MR) is 109 cm³/mol. The van der Waals surface area contributed by atoms with Crippen LogP contribution in [-0.2, 0) is 0 Å². The molecule has 4 rings (SSSR count). The standard InChI is InChI=1S/C22H20N2OS/c1-14-12-15(2)21(16(3)13-14)23-22(25)24-17-8-4-6-10-19(17)26-20-11-7-5-9-18(20)24/h4-13H,1-3H3,(H,23,25). The zero-order chi connectivity index (χ0) is 18.3. The van der Waals surface area contributed by atoms with E-state index in [0.717, 1.165) is 38.0 Å². The first-order chi connectivity index (χ1) is 12.5. The molecule has 0 atom stereocenters. The maximum Gasteiger partial charge on any atom is 0.331 e. The third kappa shape index (κ3) is 2.86. The van der Waals surface area contributed by atoms with Gasteiger partial charge in [-0.25, -0.2) is 4.79 Å². The Kier molecular flexibility index (Phi) is 4.21. The SMILES string of the molecule is Cc1cc(C)c(NC(=O)N2c3ccccc3Sc3ccccc32)c(C)c1. The highest BCUT2D eigenvalue weighted by Gasteiger charge is 2.28. The minimum absolute atomic E-state index is 0.139. The molecule has 1 heterocycles. The molecule has 3 nitrogen and oxygen atoms in total. The van der Waals surface area contributed by atoms with E-state index in [9.17, 15) is 4.79 Å². The minimum Gasteiger partial charge on any atom is -0.307 e. The maximum absolute atomic E-state index is 13.3. The molecule has 1 N–H and O–H groups in total. The van der Waals surface area contributed by atoms with Crippen molar-refractivity contribution in [2.45, 2.75) is 30.6 Å². The van der Waals surface area contributed by atoms with Crippen LogP contribution in [0, 0.1) is 20.8 Å². The Bertz CT molecular complexity index is 944. The van der Waals surface area contributed by atoms with Gasteiger partial charge in [-0.1, -0.05) is 53.7 Å². The summed E-state index contributed by atoms with van der Waals surface area (Å²) in [4.78, 5) is 17.2. The summed E-state index contributed by atoms with van der Waals surface area (Å²) in [6.07, 6.45) is 0. The van der Waals surface area contributed by atoms with Crippen molar-refractivity contribution in [3.05, 3.63) is 77.4 Å². The molecule has 3 aromatic rings. The second kappa shape index (κ2) is 6.54. The van der Waals surface area contributed by atoms with Gasteiger partial charge in [-0.05, 0) is 56.2 Å². The molecular formula is C22H20N2OS. The number of amides is 2. The molecule has 0 saturated carbocycles. The fourth-order valence-electron chi connectivity index (χ4n) is 3.46. The van der Waals surface area contributed by atoms with Crippen molar-refractivity contribution in [1.82, 2.24) is 0 Å². The smallest absolute Gasteiger partial charge is 0.307 e. The topological polar surface area (TPSA) is 32.3 Å². The number of fused-ring (bicyclic) bond motifs is 2. The van der Waals surface area contributed by atoms with Crippen LogP contribution in [0.1, 0.15) is 16.7 Å². The zero-order valence-electron chi connectivity index (χ0n) is 15.0. The average Bonchev–Trinajstić information content (AvgIpc) is 2.62. The van der Waals surface area contributed by atoms with Crippen molar-refractivity contribution in [3.8, 4) is 0 Å². The second-order valence-electron chi connectivity index (χ2n) is 6.58. The summed E-state index contributed by atoms with van der Waals surface area (Å²) >= 11 is 1.70.